The van der Waals surface area contributed by atoms with Crippen LogP contribution < -0.4 is 9.47 Å². The number of para-hydroxylation sites is 1. The Kier molecular flexibility index (Phi) is 3.46. The number of benzene rings is 4. The molecule has 2 unspecified atom stereocenters. The Morgan fingerprint density at radius 2 is 1.39 bits per heavy atom. The van der Waals surface area contributed by atoms with E-state index in [1.807, 2.05) is 0 Å². The van der Waals surface area contributed by atoms with Gasteiger partial charge in [0, 0.05) is 23.4 Å². The summed E-state index contributed by atoms with van der Waals surface area (Å²) in [6.07, 6.45) is 4.38. The van der Waals surface area contributed by atoms with Crippen molar-refractivity contribution in [1.29, 1.82) is 0 Å². The summed E-state index contributed by atoms with van der Waals surface area (Å²) in [5, 5.41) is 0. The zero-order chi connectivity index (χ0) is 23.4. The number of nitrogens with zero attached hydrogens (tertiary/aromatic N) is 2. The molecule has 0 saturated heterocycles. The normalized spacial score (nSPS) is 21.3. The van der Waals surface area contributed by atoms with Crippen LogP contribution in [0.1, 0.15) is 56.1 Å². The van der Waals surface area contributed by atoms with Crippen LogP contribution in [-0.4, -0.2) is 6.54 Å². The standard InChI is InChI=1S/C34H25N2/c1-2-11-26(12-3-1)35-21-34-32-24(10-8-15-29(32)35)20-25-17-16-23-19-22-9-4-5-13-27(22)31(30(23)33(25)34)28-14-6-7-18-36(28)34/h1-18,31H,19-21H2/q+1. The average Bonchev–Trinajstić information content (AvgIpc) is 3.29. The summed E-state index contributed by atoms with van der Waals surface area (Å²) >= 11 is 0. The molecule has 0 saturated carbocycles. The first-order valence-electron chi connectivity index (χ1n) is 13.0. The van der Waals surface area contributed by atoms with Crippen molar-refractivity contribution in [3.63, 3.8) is 0 Å². The van der Waals surface area contributed by atoms with Gasteiger partial charge in [0.15, 0.2) is 11.9 Å². The van der Waals surface area contributed by atoms with E-state index in [0.29, 0.717) is 0 Å². The molecule has 36 heavy (non-hydrogen) atoms. The molecule has 2 aliphatic carbocycles. The molecular weight excluding hydrogens is 436 g/mol. The molecule has 9 rings (SSSR count). The third kappa shape index (κ3) is 2.13. The van der Waals surface area contributed by atoms with E-state index in [1.165, 1.54) is 50.4 Å². The van der Waals surface area contributed by atoms with Crippen molar-refractivity contribution in [1.82, 2.24) is 0 Å². The molecule has 2 heteroatoms. The van der Waals surface area contributed by atoms with Gasteiger partial charge in [-0.25, -0.2) is 0 Å². The van der Waals surface area contributed by atoms with E-state index in [0.717, 1.165) is 19.4 Å². The predicted molar refractivity (Wildman–Crippen MR) is 142 cm³/mol. The van der Waals surface area contributed by atoms with Gasteiger partial charge in [-0.15, -0.1) is 0 Å². The first-order chi connectivity index (χ1) is 17.8. The first kappa shape index (κ1) is 19.1. The van der Waals surface area contributed by atoms with Gasteiger partial charge in [0.1, 0.15) is 0 Å². The fraction of sp³-hybridized carbons (Fsp3) is 0.147. The molecule has 1 aromatic heterocycles. The molecule has 2 nitrogen and oxygen atoms in total. The van der Waals surface area contributed by atoms with Crippen LogP contribution >= 0.6 is 0 Å². The van der Waals surface area contributed by atoms with Crippen molar-refractivity contribution in [2.75, 3.05) is 11.4 Å². The molecule has 2 aliphatic heterocycles. The van der Waals surface area contributed by atoms with Gasteiger partial charge in [-0.2, -0.15) is 4.57 Å². The lowest BCUT2D eigenvalue weighted by molar-refractivity contribution is -0.750. The molecule has 1 spiro atoms. The number of rotatable bonds is 1. The summed E-state index contributed by atoms with van der Waals surface area (Å²) in [7, 11) is 0. The van der Waals surface area contributed by atoms with E-state index in [2.05, 4.69) is 119 Å². The minimum atomic E-state index is -0.222. The van der Waals surface area contributed by atoms with E-state index in [4.69, 9.17) is 0 Å². The number of fused-ring (bicyclic) bond motifs is 4. The zero-order valence-corrected chi connectivity index (χ0v) is 20.0. The number of hydrogen-bond donors (Lipinski definition) is 0. The van der Waals surface area contributed by atoms with Crippen LogP contribution in [0.15, 0.2) is 109 Å². The summed E-state index contributed by atoms with van der Waals surface area (Å²) in [6.45, 7) is 0.920. The Hall–Kier alpha value is -4.17. The van der Waals surface area contributed by atoms with Gasteiger partial charge in [-0.1, -0.05) is 72.8 Å². The van der Waals surface area contributed by atoms with Gasteiger partial charge in [0.2, 0.25) is 5.54 Å². The van der Waals surface area contributed by atoms with Crippen LogP contribution in [-0.2, 0) is 18.4 Å². The second kappa shape index (κ2) is 6.53. The molecule has 4 aromatic carbocycles. The van der Waals surface area contributed by atoms with E-state index < -0.39 is 0 Å². The first-order valence-corrected chi connectivity index (χ1v) is 13.0. The van der Waals surface area contributed by atoms with Crippen molar-refractivity contribution in [3.05, 3.63) is 160 Å². The molecule has 170 valence electrons. The summed E-state index contributed by atoms with van der Waals surface area (Å²) in [5.41, 5.74) is 15.9. The summed E-state index contributed by atoms with van der Waals surface area (Å²) in [4.78, 5) is 2.56. The Labute approximate surface area is 211 Å². The Balaban J connectivity index is 1.43. The lowest BCUT2D eigenvalue weighted by Gasteiger charge is -2.43. The average molecular weight is 462 g/mol. The fourth-order valence-corrected chi connectivity index (χ4v) is 7.91. The monoisotopic (exact) mass is 461 g/mol. The molecule has 0 fully saturated rings. The summed E-state index contributed by atoms with van der Waals surface area (Å²) in [5.74, 6) is 0.284. The number of hydrogen-bond acceptors (Lipinski definition) is 1. The number of aromatic nitrogens is 1. The Morgan fingerprint density at radius 3 is 2.33 bits per heavy atom. The maximum Gasteiger partial charge on any atom is 0.239 e. The fourth-order valence-electron chi connectivity index (χ4n) is 7.91. The molecule has 3 heterocycles. The SMILES string of the molecule is c1ccc(N2CC34c5c(cccc52)Cc2ccc5c(c23)C(c2ccccc2C5)c2cccc[n+]24)cc1. The molecule has 0 bridgehead atoms. The predicted octanol–water partition coefficient (Wildman–Crippen LogP) is 6.22. The zero-order valence-electron chi connectivity index (χ0n) is 20.0. The van der Waals surface area contributed by atoms with Crippen molar-refractivity contribution < 1.29 is 4.57 Å². The molecule has 0 N–H and O–H groups in total. The Bertz CT molecular complexity index is 1730. The van der Waals surface area contributed by atoms with E-state index >= 15 is 0 Å². The van der Waals surface area contributed by atoms with Crippen molar-refractivity contribution >= 4 is 11.4 Å². The van der Waals surface area contributed by atoms with Crippen LogP contribution in [0.25, 0.3) is 0 Å². The quantitative estimate of drug-likeness (QED) is 0.264. The van der Waals surface area contributed by atoms with Crippen LogP contribution in [0.3, 0.4) is 0 Å². The van der Waals surface area contributed by atoms with Gasteiger partial charge in [-0.05, 0) is 64.4 Å². The topological polar surface area (TPSA) is 7.12 Å². The second-order valence-electron chi connectivity index (χ2n) is 10.7. The highest BCUT2D eigenvalue weighted by Gasteiger charge is 2.62. The van der Waals surface area contributed by atoms with Gasteiger partial charge in [0.25, 0.3) is 0 Å². The third-order valence-corrected chi connectivity index (χ3v) is 9.14. The van der Waals surface area contributed by atoms with Crippen LogP contribution in [0, 0.1) is 0 Å². The van der Waals surface area contributed by atoms with Crippen molar-refractivity contribution in [2.45, 2.75) is 24.3 Å². The third-order valence-electron chi connectivity index (χ3n) is 9.14. The molecule has 0 radical (unpaired) electrons. The second-order valence-corrected chi connectivity index (χ2v) is 10.7. The number of anilines is 2. The Morgan fingerprint density at radius 1 is 0.639 bits per heavy atom. The summed E-state index contributed by atoms with van der Waals surface area (Å²) < 4.78 is 2.65. The minimum Gasteiger partial charge on any atom is -0.333 e. The largest absolute Gasteiger partial charge is 0.333 e. The maximum absolute atomic E-state index is 2.65. The molecule has 2 atom stereocenters. The van der Waals surface area contributed by atoms with Gasteiger partial charge in [0.05, 0.1) is 23.7 Å². The lowest BCUT2D eigenvalue weighted by Crippen LogP contribution is -2.66. The number of pyridine rings is 1. The van der Waals surface area contributed by atoms with Gasteiger partial charge >= 0.3 is 0 Å². The van der Waals surface area contributed by atoms with Crippen LogP contribution in [0.5, 0.6) is 0 Å². The van der Waals surface area contributed by atoms with E-state index in [-0.39, 0.29) is 11.5 Å². The smallest absolute Gasteiger partial charge is 0.239 e. The lowest BCUT2D eigenvalue weighted by atomic mass is 9.62. The van der Waals surface area contributed by atoms with Crippen LogP contribution in [0.2, 0.25) is 0 Å². The highest BCUT2D eigenvalue weighted by atomic mass is 15.2. The minimum absolute atomic E-state index is 0.222. The van der Waals surface area contributed by atoms with Gasteiger partial charge < -0.3 is 4.90 Å². The van der Waals surface area contributed by atoms with Crippen molar-refractivity contribution in [2.24, 2.45) is 0 Å². The van der Waals surface area contributed by atoms with Gasteiger partial charge in [-0.3, -0.25) is 0 Å². The van der Waals surface area contributed by atoms with Crippen LogP contribution in [0.4, 0.5) is 11.4 Å². The van der Waals surface area contributed by atoms with E-state index in [9.17, 15) is 0 Å². The van der Waals surface area contributed by atoms with Crippen molar-refractivity contribution in [3.8, 4) is 0 Å². The highest BCUT2D eigenvalue weighted by Crippen LogP contribution is 2.58. The molecule has 0 amide bonds. The molecule has 4 aliphatic rings. The molecule has 5 aromatic rings. The molecular formula is C34H25N2+. The highest BCUT2D eigenvalue weighted by molar-refractivity contribution is 5.79. The van der Waals surface area contributed by atoms with E-state index in [1.54, 1.807) is 11.1 Å². The summed E-state index contributed by atoms with van der Waals surface area (Å²) in [6, 6.07) is 38.7. The maximum atomic E-state index is 2.65.